The van der Waals surface area contributed by atoms with Crippen molar-refractivity contribution in [1.82, 2.24) is 0 Å². The van der Waals surface area contributed by atoms with Crippen molar-refractivity contribution in [1.29, 1.82) is 0 Å². The van der Waals surface area contributed by atoms with Crippen LogP contribution >= 0.6 is 7.82 Å². The molecule has 0 unspecified atom stereocenters. The van der Waals surface area contributed by atoms with E-state index in [9.17, 15) is 4.57 Å². The van der Waals surface area contributed by atoms with E-state index in [1.807, 2.05) is 48.5 Å². The zero-order chi connectivity index (χ0) is 16.0. The van der Waals surface area contributed by atoms with Gasteiger partial charge in [-0.25, -0.2) is 4.57 Å². The van der Waals surface area contributed by atoms with Crippen LogP contribution in [0.25, 0.3) is 32.3 Å². The van der Waals surface area contributed by atoms with Gasteiger partial charge in [0, 0.05) is 5.39 Å². The molecule has 0 radical (unpaired) electrons. The van der Waals surface area contributed by atoms with Crippen LogP contribution in [0.3, 0.4) is 0 Å². The van der Waals surface area contributed by atoms with Gasteiger partial charge in [0.1, 0.15) is 5.75 Å². The monoisotopic (exact) mass is 332 g/mol. The Morgan fingerprint density at radius 2 is 1.38 bits per heavy atom. The molecule has 0 aliphatic carbocycles. The second-order valence-electron chi connectivity index (χ2n) is 5.42. The first-order valence-corrected chi connectivity index (χ1v) is 8.64. The maximum absolute atomic E-state index is 11.3. The van der Waals surface area contributed by atoms with Crippen molar-refractivity contribution in [2.75, 3.05) is 0 Å². The molecule has 0 amide bonds. The molecule has 24 heavy (non-hydrogen) atoms. The summed E-state index contributed by atoms with van der Waals surface area (Å²) in [7, 11) is -4.62. The molecule has 116 valence electrons. The van der Waals surface area contributed by atoms with Crippen molar-refractivity contribution in [2.45, 2.75) is 0 Å². The third-order valence-corrected chi connectivity index (χ3v) is 4.34. The number of hydrogen-bond acceptors (Lipinski definition) is 2. The molecule has 0 aliphatic rings. The van der Waals surface area contributed by atoms with Gasteiger partial charge >= 0.3 is 26.7 Å². The number of hydrogen-bond donors (Lipinski definition) is 2. The van der Waals surface area contributed by atoms with E-state index in [4.69, 9.17) is 14.3 Å². The molecule has 0 aromatic heterocycles. The van der Waals surface area contributed by atoms with Crippen LogP contribution in [-0.4, -0.2) is 28.6 Å². The van der Waals surface area contributed by atoms with E-state index in [1.54, 1.807) is 12.1 Å². The summed E-state index contributed by atoms with van der Waals surface area (Å²) in [6.45, 7) is 0. The molecule has 0 aliphatic heterocycles. The van der Waals surface area contributed by atoms with Crippen molar-refractivity contribution in [3.8, 4) is 5.75 Å². The first-order chi connectivity index (χ1) is 11.0. The van der Waals surface area contributed by atoms with Crippen molar-refractivity contribution >= 4 is 59.0 Å². The first kappa shape index (κ1) is 17.0. The van der Waals surface area contributed by atoms with Gasteiger partial charge in [-0.1, -0.05) is 48.5 Å². The van der Waals surface area contributed by atoms with Gasteiger partial charge in [0.25, 0.3) is 0 Å². The van der Waals surface area contributed by atoms with Crippen LogP contribution in [0, 0.1) is 0 Å². The first-order valence-electron chi connectivity index (χ1n) is 7.11. The van der Waals surface area contributed by atoms with Crippen molar-refractivity contribution in [3.63, 3.8) is 0 Å². The van der Waals surface area contributed by atoms with Crippen molar-refractivity contribution < 1.29 is 18.9 Å². The molecule has 0 saturated heterocycles. The SMILES string of the molecule is O=P(O)(O)Oc1cccc2ccc3cc4ccccc4cc3c12.[LiH]. The Hall–Kier alpha value is -1.79. The molecule has 0 spiro atoms. The van der Waals surface area contributed by atoms with E-state index >= 15 is 0 Å². The van der Waals surface area contributed by atoms with Gasteiger partial charge in [-0.2, -0.15) is 0 Å². The van der Waals surface area contributed by atoms with Crippen LogP contribution in [0.1, 0.15) is 0 Å². The number of phosphoric acid groups is 1. The molecular formula is C18H14LiO4P. The van der Waals surface area contributed by atoms with Gasteiger partial charge < -0.3 is 4.52 Å². The van der Waals surface area contributed by atoms with Gasteiger partial charge in [-0.05, 0) is 45.1 Å². The molecule has 4 rings (SSSR count). The summed E-state index contributed by atoms with van der Waals surface area (Å²) >= 11 is 0. The Morgan fingerprint density at radius 1 is 0.750 bits per heavy atom. The van der Waals surface area contributed by atoms with E-state index in [-0.39, 0.29) is 24.6 Å². The fourth-order valence-electron chi connectivity index (χ4n) is 2.97. The van der Waals surface area contributed by atoms with Crippen LogP contribution in [0.15, 0.2) is 66.7 Å². The second-order valence-corrected chi connectivity index (χ2v) is 6.59. The van der Waals surface area contributed by atoms with Crippen LogP contribution in [0.2, 0.25) is 0 Å². The second kappa shape index (κ2) is 6.26. The molecule has 4 aromatic rings. The van der Waals surface area contributed by atoms with Crippen molar-refractivity contribution in [2.24, 2.45) is 0 Å². The van der Waals surface area contributed by atoms with E-state index in [2.05, 4.69) is 6.07 Å². The Balaban J connectivity index is 0.00000169. The molecule has 0 bridgehead atoms. The zero-order valence-electron chi connectivity index (χ0n) is 12.0. The number of benzene rings is 4. The molecule has 4 nitrogen and oxygen atoms in total. The Bertz CT molecular complexity index is 1100. The van der Waals surface area contributed by atoms with Gasteiger partial charge in [0.15, 0.2) is 0 Å². The molecular weight excluding hydrogens is 318 g/mol. The number of phosphoric ester groups is 1. The maximum atomic E-state index is 11.3. The Morgan fingerprint density at radius 3 is 2.08 bits per heavy atom. The molecule has 0 atom stereocenters. The number of rotatable bonds is 2. The third kappa shape index (κ3) is 3.08. The molecule has 0 saturated carbocycles. The summed E-state index contributed by atoms with van der Waals surface area (Å²) in [5.41, 5.74) is 0. The van der Waals surface area contributed by atoms with Gasteiger partial charge in [0.05, 0.1) is 0 Å². The minimum absolute atomic E-state index is 0. The van der Waals surface area contributed by atoms with Crippen LogP contribution < -0.4 is 4.52 Å². The zero-order valence-corrected chi connectivity index (χ0v) is 12.9. The summed E-state index contributed by atoms with van der Waals surface area (Å²) in [4.78, 5) is 18.3. The Kier molecular flexibility index (Phi) is 4.44. The van der Waals surface area contributed by atoms with Crippen molar-refractivity contribution in [3.05, 3.63) is 66.7 Å². The predicted molar refractivity (Wildman–Crippen MR) is 98.8 cm³/mol. The van der Waals surface area contributed by atoms with Gasteiger partial charge in [-0.3, -0.25) is 9.79 Å². The van der Waals surface area contributed by atoms with Gasteiger partial charge in [-0.15, -0.1) is 0 Å². The van der Waals surface area contributed by atoms with E-state index in [0.717, 1.165) is 26.9 Å². The molecule has 2 N–H and O–H groups in total. The van der Waals surface area contributed by atoms with Gasteiger partial charge in [0.2, 0.25) is 0 Å². The summed E-state index contributed by atoms with van der Waals surface area (Å²) in [6, 6.07) is 21.2. The summed E-state index contributed by atoms with van der Waals surface area (Å²) < 4.78 is 16.2. The predicted octanol–water partition coefficient (Wildman–Crippen LogP) is 3.97. The van der Waals surface area contributed by atoms with E-state index in [0.29, 0.717) is 5.39 Å². The summed E-state index contributed by atoms with van der Waals surface area (Å²) in [5.74, 6) is 0.191. The van der Waals surface area contributed by atoms with Crippen LogP contribution in [0.5, 0.6) is 5.75 Å². The quantitative estimate of drug-likeness (QED) is 0.252. The standard InChI is InChI=1S/C18H13O4P.Li.H/c19-23(20,21)22-17-7-3-6-12-8-9-15-10-13-4-1-2-5-14(13)11-16(15)18(12)17;;/h1-11H,(H2,19,20,21);;. The average Bonchev–Trinajstić information content (AvgIpc) is 2.51. The fourth-order valence-corrected chi connectivity index (χ4v) is 3.38. The fraction of sp³-hybridized carbons (Fsp3) is 0. The minimum atomic E-state index is -4.62. The van der Waals surface area contributed by atoms with Crippen LogP contribution in [0.4, 0.5) is 0 Å². The molecule has 0 heterocycles. The molecule has 4 aromatic carbocycles. The van der Waals surface area contributed by atoms with E-state index in [1.165, 1.54) is 0 Å². The van der Waals surface area contributed by atoms with E-state index < -0.39 is 7.82 Å². The Labute approximate surface area is 150 Å². The molecule has 0 fully saturated rings. The number of fused-ring (bicyclic) bond motifs is 4. The summed E-state index contributed by atoms with van der Waals surface area (Å²) in [5, 5.41) is 5.67. The van der Waals surface area contributed by atoms with Crippen LogP contribution in [-0.2, 0) is 4.57 Å². The average molecular weight is 332 g/mol. The topological polar surface area (TPSA) is 66.8 Å². The molecule has 6 heteroatoms. The third-order valence-electron chi connectivity index (χ3n) is 3.91. The summed E-state index contributed by atoms with van der Waals surface area (Å²) in [6.07, 6.45) is 0. The normalized spacial score (nSPS) is 11.6.